The smallest absolute Gasteiger partial charge is 0.258 e. The van der Waals surface area contributed by atoms with Crippen molar-refractivity contribution in [2.24, 2.45) is 0 Å². The Bertz CT molecular complexity index is 1170. The first kappa shape index (κ1) is 17.3. The number of nitrogens with zero attached hydrogens (tertiary/aromatic N) is 4. The lowest BCUT2D eigenvalue weighted by Gasteiger charge is -2.11. The van der Waals surface area contributed by atoms with Crippen LogP contribution in [-0.2, 0) is 0 Å². The van der Waals surface area contributed by atoms with Crippen molar-refractivity contribution in [1.82, 2.24) is 24.8 Å². The number of aromatic nitrogens is 5. The molecule has 0 saturated carbocycles. The quantitative estimate of drug-likeness (QED) is 0.418. The van der Waals surface area contributed by atoms with E-state index in [-0.39, 0.29) is 10.8 Å². The third kappa shape index (κ3) is 3.31. The molecular weight excluding hydrogens is 360 g/mol. The predicted octanol–water partition coefficient (Wildman–Crippen LogP) is 3.06. The summed E-state index contributed by atoms with van der Waals surface area (Å²) >= 11 is 1.39. The molecule has 2 aromatic carbocycles. The molecule has 3 N–H and O–H groups in total. The van der Waals surface area contributed by atoms with E-state index in [2.05, 4.69) is 20.2 Å². The molecule has 0 aliphatic rings. The van der Waals surface area contributed by atoms with Crippen LogP contribution < -0.4 is 11.4 Å². The van der Waals surface area contributed by atoms with Gasteiger partial charge in [-0.1, -0.05) is 53.7 Å². The van der Waals surface area contributed by atoms with Crippen LogP contribution >= 0.6 is 11.8 Å². The van der Waals surface area contributed by atoms with Crippen LogP contribution in [0.15, 0.2) is 58.5 Å². The number of nitrogens with two attached hydrogens (primary N) is 1. The van der Waals surface area contributed by atoms with Crippen LogP contribution in [-0.4, -0.2) is 24.8 Å². The minimum atomic E-state index is -0.155. The van der Waals surface area contributed by atoms with E-state index in [0.29, 0.717) is 27.7 Å². The number of aromatic amines is 1. The molecule has 4 rings (SSSR count). The fourth-order valence-corrected chi connectivity index (χ4v) is 3.60. The lowest BCUT2D eigenvalue weighted by atomic mass is 10.1. The van der Waals surface area contributed by atoms with Crippen LogP contribution in [0.1, 0.15) is 23.6 Å². The summed E-state index contributed by atoms with van der Waals surface area (Å²) in [6.07, 6.45) is 0. The van der Waals surface area contributed by atoms with E-state index in [1.807, 2.05) is 56.3 Å². The van der Waals surface area contributed by atoms with Crippen LogP contribution in [0.25, 0.3) is 22.3 Å². The average molecular weight is 378 g/mol. The summed E-state index contributed by atoms with van der Waals surface area (Å²) in [5, 5.41) is 9.37. The zero-order valence-corrected chi connectivity index (χ0v) is 15.7. The normalized spacial score (nSPS) is 12.4. The van der Waals surface area contributed by atoms with Crippen LogP contribution in [0.5, 0.6) is 0 Å². The van der Waals surface area contributed by atoms with Crippen LogP contribution in [0, 0.1) is 6.92 Å². The molecule has 1 atom stereocenters. The van der Waals surface area contributed by atoms with Gasteiger partial charge in [0.1, 0.15) is 5.82 Å². The highest BCUT2D eigenvalue weighted by atomic mass is 32.2. The maximum atomic E-state index is 12.3. The van der Waals surface area contributed by atoms with Gasteiger partial charge in [-0.3, -0.25) is 4.79 Å². The Kier molecular flexibility index (Phi) is 4.41. The summed E-state index contributed by atoms with van der Waals surface area (Å²) in [6.45, 7) is 3.97. The van der Waals surface area contributed by atoms with Gasteiger partial charge in [-0.25, -0.2) is 9.66 Å². The van der Waals surface area contributed by atoms with E-state index in [1.165, 1.54) is 16.4 Å². The molecule has 7 nitrogen and oxygen atoms in total. The second kappa shape index (κ2) is 6.88. The summed E-state index contributed by atoms with van der Waals surface area (Å²) in [6, 6.07) is 15.2. The molecule has 0 fully saturated rings. The maximum Gasteiger partial charge on any atom is 0.258 e. The van der Waals surface area contributed by atoms with Gasteiger partial charge in [0, 0.05) is 5.56 Å². The van der Waals surface area contributed by atoms with Crippen molar-refractivity contribution in [3.63, 3.8) is 0 Å². The summed E-state index contributed by atoms with van der Waals surface area (Å²) in [7, 11) is 0. The number of nitrogen functional groups attached to an aromatic ring is 1. The molecule has 0 saturated heterocycles. The molecule has 136 valence electrons. The van der Waals surface area contributed by atoms with Gasteiger partial charge in [-0.15, -0.1) is 10.2 Å². The third-order valence-corrected chi connectivity index (χ3v) is 5.34. The number of fused-ring (bicyclic) bond motifs is 1. The first-order valence-corrected chi connectivity index (χ1v) is 9.34. The van der Waals surface area contributed by atoms with E-state index in [1.54, 1.807) is 6.07 Å². The number of H-pyrrole nitrogens is 1. The number of hydrogen-bond acceptors (Lipinski definition) is 6. The highest BCUT2D eigenvalue weighted by Gasteiger charge is 2.18. The Labute approximate surface area is 159 Å². The average Bonchev–Trinajstić information content (AvgIpc) is 3.03. The highest BCUT2D eigenvalue weighted by molar-refractivity contribution is 7.99. The second-order valence-corrected chi connectivity index (χ2v) is 7.58. The second-order valence-electron chi connectivity index (χ2n) is 6.27. The Morgan fingerprint density at radius 3 is 2.63 bits per heavy atom. The molecule has 27 heavy (non-hydrogen) atoms. The van der Waals surface area contributed by atoms with Crippen LogP contribution in [0.4, 0.5) is 0 Å². The Balaban J connectivity index is 1.63. The molecule has 0 spiro atoms. The largest absolute Gasteiger partial charge is 0.335 e. The first-order valence-electron chi connectivity index (χ1n) is 8.46. The molecule has 2 aromatic heterocycles. The molecule has 8 heteroatoms. The highest BCUT2D eigenvalue weighted by Crippen LogP contribution is 2.32. The van der Waals surface area contributed by atoms with Crippen molar-refractivity contribution < 1.29 is 0 Å². The lowest BCUT2D eigenvalue weighted by Crippen LogP contribution is -2.14. The number of hydrogen-bond donors (Lipinski definition) is 2. The summed E-state index contributed by atoms with van der Waals surface area (Å²) in [5.41, 5.74) is 2.57. The van der Waals surface area contributed by atoms with Gasteiger partial charge in [0.2, 0.25) is 5.16 Å². The fourth-order valence-electron chi connectivity index (χ4n) is 2.77. The van der Waals surface area contributed by atoms with E-state index in [0.717, 1.165) is 11.1 Å². The Morgan fingerprint density at radius 1 is 1.11 bits per heavy atom. The van der Waals surface area contributed by atoms with Crippen molar-refractivity contribution >= 4 is 22.7 Å². The summed E-state index contributed by atoms with van der Waals surface area (Å²) < 4.78 is 1.46. The van der Waals surface area contributed by atoms with E-state index in [9.17, 15) is 4.79 Å². The Morgan fingerprint density at radius 2 is 1.85 bits per heavy atom. The number of nitrogens with one attached hydrogen (secondary N) is 1. The molecule has 0 aliphatic heterocycles. The zero-order valence-electron chi connectivity index (χ0n) is 14.9. The molecule has 0 radical (unpaired) electrons. The van der Waals surface area contributed by atoms with Crippen molar-refractivity contribution in [3.05, 3.63) is 70.3 Å². The van der Waals surface area contributed by atoms with Gasteiger partial charge in [0.25, 0.3) is 5.56 Å². The summed E-state index contributed by atoms with van der Waals surface area (Å²) in [5.74, 6) is 7.36. The van der Waals surface area contributed by atoms with Crippen molar-refractivity contribution in [2.45, 2.75) is 24.3 Å². The fraction of sp³-hybridized carbons (Fsp3) is 0.158. The van der Waals surface area contributed by atoms with Gasteiger partial charge < -0.3 is 10.8 Å². The molecule has 0 unspecified atom stereocenters. The predicted molar refractivity (Wildman–Crippen MR) is 107 cm³/mol. The number of aryl methyl sites for hydroxylation is 1. The molecular formula is C19H18N6OS. The number of benzene rings is 2. The van der Waals surface area contributed by atoms with Gasteiger partial charge in [-0.05, 0) is 26.0 Å². The minimum absolute atomic E-state index is 0.153. The van der Waals surface area contributed by atoms with Gasteiger partial charge in [0.05, 0.1) is 16.2 Å². The zero-order chi connectivity index (χ0) is 19.0. The summed E-state index contributed by atoms with van der Waals surface area (Å²) in [4.78, 5) is 19.7. The van der Waals surface area contributed by atoms with E-state index < -0.39 is 0 Å². The monoisotopic (exact) mass is 378 g/mol. The number of rotatable bonds is 4. The number of para-hydroxylation sites is 1. The van der Waals surface area contributed by atoms with Crippen LogP contribution in [0.2, 0.25) is 0 Å². The molecule has 0 bridgehead atoms. The van der Waals surface area contributed by atoms with Gasteiger partial charge in [0.15, 0.2) is 5.82 Å². The minimum Gasteiger partial charge on any atom is -0.335 e. The SMILES string of the molecule is Cc1ccc(-c2nnc(S[C@H](C)c3nc4ccccc4c(=O)[nH]3)n2N)cc1. The maximum absolute atomic E-state index is 12.3. The first-order chi connectivity index (χ1) is 13.0. The van der Waals surface area contributed by atoms with Crippen molar-refractivity contribution in [2.75, 3.05) is 5.84 Å². The topological polar surface area (TPSA) is 102 Å². The standard InChI is InChI=1S/C19H18N6OS/c1-11-7-9-13(10-8-11)17-23-24-19(25(17)20)27-12(2)16-21-15-6-4-3-5-14(15)18(26)22-16/h3-10,12H,20H2,1-2H3,(H,21,22,26)/t12-/m1/s1. The lowest BCUT2D eigenvalue weighted by molar-refractivity contribution is 0.835. The van der Waals surface area contributed by atoms with Crippen LogP contribution in [0.3, 0.4) is 0 Å². The van der Waals surface area contributed by atoms with E-state index in [4.69, 9.17) is 5.84 Å². The van der Waals surface area contributed by atoms with E-state index >= 15 is 0 Å². The molecule has 4 aromatic rings. The molecule has 2 heterocycles. The van der Waals surface area contributed by atoms with Gasteiger partial charge >= 0.3 is 0 Å². The third-order valence-electron chi connectivity index (χ3n) is 4.27. The van der Waals surface area contributed by atoms with Gasteiger partial charge in [-0.2, -0.15) is 0 Å². The van der Waals surface area contributed by atoms with Crippen molar-refractivity contribution in [1.29, 1.82) is 0 Å². The Hall–Kier alpha value is -3.13. The molecule has 0 amide bonds. The molecule has 0 aliphatic carbocycles. The van der Waals surface area contributed by atoms with Crippen molar-refractivity contribution in [3.8, 4) is 11.4 Å². The number of thioether (sulfide) groups is 1.